The van der Waals surface area contributed by atoms with Gasteiger partial charge in [-0.05, 0) is 31.4 Å². The average molecular weight is 400 g/mol. The van der Waals surface area contributed by atoms with Gasteiger partial charge in [-0.2, -0.15) is 0 Å². The Labute approximate surface area is 161 Å². The largest absolute Gasteiger partial charge is 0.378 e. The van der Waals surface area contributed by atoms with Crippen molar-refractivity contribution in [1.29, 1.82) is 0 Å². The Morgan fingerprint density at radius 1 is 1.20 bits per heavy atom. The minimum atomic E-state index is -0.0282. The Bertz CT molecular complexity index is 716. The van der Waals surface area contributed by atoms with Crippen LogP contribution < -0.4 is 4.90 Å². The van der Waals surface area contributed by atoms with Gasteiger partial charge in [-0.25, -0.2) is 9.97 Å². The smallest absolute Gasteiger partial charge is 0.224 e. The summed E-state index contributed by atoms with van der Waals surface area (Å²) in [5.74, 6) is 0.892. The average Bonchev–Trinajstić information content (AvgIpc) is 3.31. The number of thioether (sulfide) groups is 1. The van der Waals surface area contributed by atoms with Gasteiger partial charge in [0.1, 0.15) is 10.8 Å². The molecular weight excluding hydrogens is 378 g/mol. The summed E-state index contributed by atoms with van der Waals surface area (Å²) >= 11 is 9.57. The molecule has 25 heavy (non-hydrogen) atoms. The number of ether oxygens (including phenoxy) is 1. The third-order valence-electron chi connectivity index (χ3n) is 3.98. The van der Waals surface area contributed by atoms with Crippen molar-refractivity contribution in [2.24, 2.45) is 0 Å². The van der Waals surface area contributed by atoms with Gasteiger partial charge >= 0.3 is 0 Å². The molecule has 4 rings (SSSR count). The molecule has 0 atom stereocenters. The van der Waals surface area contributed by atoms with Gasteiger partial charge in [0.05, 0.1) is 23.7 Å². The summed E-state index contributed by atoms with van der Waals surface area (Å²) in [4.78, 5) is 11.1. The summed E-state index contributed by atoms with van der Waals surface area (Å²) in [6.07, 6.45) is 2.15. The molecule has 0 radical (unpaired) electrons. The number of anilines is 1. The van der Waals surface area contributed by atoms with Gasteiger partial charge in [-0.1, -0.05) is 36.9 Å². The predicted octanol–water partition coefficient (Wildman–Crippen LogP) is 3.93. The lowest BCUT2D eigenvalue weighted by atomic mass is 10.2. The molecule has 1 aliphatic carbocycles. The molecule has 1 saturated heterocycles. The minimum Gasteiger partial charge on any atom is -0.378 e. The molecule has 0 unspecified atom stereocenters. The normalized spacial score (nSPS) is 18.5. The van der Waals surface area contributed by atoms with Crippen molar-refractivity contribution in [2.75, 3.05) is 31.2 Å². The van der Waals surface area contributed by atoms with Crippen molar-refractivity contribution >= 4 is 40.5 Å². The molecule has 9 heteroatoms. The molecule has 2 aliphatic rings. The van der Waals surface area contributed by atoms with E-state index in [1.54, 1.807) is 23.1 Å². The summed E-state index contributed by atoms with van der Waals surface area (Å²) in [5.41, 5.74) is 0.997. The maximum atomic E-state index is 6.20. The molecule has 2 fully saturated rings. The fourth-order valence-electron chi connectivity index (χ4n) is 2.60. The number of nitrogens with zero attached hydrogens (tertiary/aromatic N) is 5. The van der Waals surface area contributed by atoms with E-state index in [0.717, 1.165) is 60.0 Å². The summed E-state index contributed by atoms with van der Waals surface area (Å²) in [6.45, 7) is 9.09. The Morgan fingerprint density at radius 2 is 1.92 bits per heavy atom. The maximum absolute atomic E-state index is 6.20. The summed E-state index contributed by atoms with van der Waals surface area (Å²) in [6, 6.07) is 2.07. The highest BCUT2D eigenvalue weighted by Crippen LogP contribution is 2.59. The number of hydrogen-bond acceptors (Lipinski definition) is 8. The van der Waals surface area contributed by atoms with E-state index in [0.29, 0.717) is 5.28 Å². The molecule has 3 heterocycles. The van der Waals surface area contributed by atoms with E-state index in [1.165, 1.54) is 0 Å². The Hall–Kier alpha value is -0.960. The lowest BCUT2D eigenvalue weighted by molar-refractivity contribution is 0.122. The van der Waals surface area contributed by atoms with Crippen LogP contribution in [0.2, 0.25) is 5.28 Å². The van der Waals surface area contributed by atoms with E-state index in [4.69, 9.17) is 16.3 Å². The number of hydrogen-bond donors (Lipinski definition) is 0. The van der Waals surface area contributed by atoms with Crippen LogP contribution in [0.5, 0.6) is 0 Å². The van der Waals surface area contributed by atoms with Crippen LogP contribution in [0.4, 0.5) is 5.82 Å². The predicted molar refractivity (Wildman–Crippen MR) is 103 cm³/mol. The molecule has 2 aromatic rings. The number of morpholine rings is 1. The standard InChI is InChI=1S/C14H16ClN5OS2.C2H6/c1-9-18-19-13(22-9)23-14(2-3-14)10-8-11(17-12(15)16-10)20-4-6-21-7-5-20;1-2/h8H,2-7H2,1H3;1-2H3. The lowest BCUT2D eigenvalue weighted by Crippen LogP contribution is -2.37. The van der Waals surface area contributed by atoms with Gasteiger partial charge in [0, 0.05) is 19.2 Å². The van der Waals surface area contributed by atoms with Crippen LogP contribution in [0.25, 0.3) is 0 Å². The third-order valence-corrected chi connectivity index (χ3v) is 6.55. The van der Waals surface area contributed by atoms with Gasteiger partial charge in [0.2, 0.25) is 5.28 Å². The number of rotatable bonds is 4. The van der Waals surface area contributed by atoms with Crippen molar-refractivity contribution in [3.05, 3.63) is 22.1 Å². The van der Waals surface area contributed by atoms with Gasteiger partial charge in [0.25, 0.3) is 0 Å². The Balaban J connectivity index is 0.000000880. The summed E-state index contributed by atoms with van der Waals surface area (Å²) in [5, 5.41) is 9.62. The highest BCUT2D eigenvalue weighted by Gasteiger charge is 2.48. The van der Waals surface area contributed by atoms with E-state index in [2.05, 4.69) is 31.1 Å². The zero-order valence-electron chi connectivity index (χ0n) is 14.7. The second-order valence-corrected chi connectivity index (χ2v) is 8.81. The molecule has 0 bridgehead atoms. The van der Waals surface area contributed by atoms with E-state index < -0.39 is 0 Å². The number of aromatic nitrogens is 4. The van der Waals surface area contributed by atoms with Gasteiger partial charge in [-0.15, -0.1) is 10.2 Å². The third kappa shape index (κ3) is 4.42. The highest BCUT2D eigenvalue weighted by molar-refractivity contribution is 8.02. The second-order valence-electron chi connectivity index (χ2n) is 5.66. The first-order chi connectivity index (χ1) is 12.1. The van der Waals surface area contributed by atoms with Crippen LogP contribution in [-0.2, 0) is 9.48 Å². The molecule has 0 N–H and O–H groups in total. The molecule has 1 aliphatic heterocycles. The van der Waals surface area contributed by atoms with Crippen LogP contribution in [0.15, 0.2) is 10.4 Å². The van der Waals surface area contributed by atoms with Crippen LogP contribution in [0, 0.1) is 6.92 Å². The lowest BCUT2D eigenvalue weighted by Gasteiger charge is -2.28. The summed E-state index contributed by atoms with van der Waals surface area (Å²) in [7, 11) is 0. The van der Waals surface area contributed by atoms with Crippen molar-refractivity contribution in [1.82, 2.24) is 20.2 Å². The van der Waals surface area contributed by atoms with Crippen LogP contribution >= 0.6 is 34.7 Å². The second kappa shape index (κ2) is 8.16. The topological polar surface area (TPSA) is 64.0 Å². The van der Waals surface area contributed by atoms with Crippen LogP contribution in [0.1, 0.15) is 37.4 Å². The van der Waals surface area contributed by atoms with E-state index in [1.807, 2.05) is 20.8 Å². The highest BCUT2D eigenvalue weighted by atomic mass is 35.5. The van der Waals surface area contributed by atoms with E-state index >= 15 is 0 Å². The van der Waals surface area contributed by atoms with Gasteiger partial charge in [0.15, 0.2) is 4.34 Å². The zero-order valence-corrected chi connectivity index (χ0v) is 17.0. The fraction of sp³-hybridized carbons (Fsp3) is 0.625. The molecule has 2 aromatic heterocycles. The van der Waals surface area contributed by atoms with Gasteiger partial charge in [-0.3, -0.25) is 0 Å². The first-order valence-electron chi connectivity index (χ1n) is 8.51. The minimum absolute atomic E-state index is 0.0282. The Morgan fingerprint density at radius 3 is 2.52 bits per heavy atom. The molecule has 136 valence electrons. The van der Waals surface area contributed by atoms with Crippen LogP contribution in [0.3, 0.4) is 0 Å². The van der Waals surface area contributed by atoms with E-state index in [9.17, 15) is 0 Å². The fourth-order valence-corrected chi connectivity index (χ4v) is 5.14. The van der Waals surface area contributed by atoms with Crippen molar-refractivity contribution in [3.8, 4) is 0 Å². The quantitative estimate of drug-likeness (QED) is 0.721. The molecule has 1 saturated carbocycles. The molecule has 0 spiro atoms. The first-order valence-corrected chi connectivity index (χ1v) is 10.5. The van der Waals surface area contributed by atoms with Crippen molar-refractivity contribution in [2.45, 2.75) is 42.7 Å². The molecule has 0 aromatic carbocycles. The molecule has 6 nitrogen and oxygen atoms in total. The molecule has 0 amide bonds. The van der Waals surface area contributed by atoms with Crippen molar-refractivity contribution in [3.63, 3.8) is 0 Å². The Kier molecular flexibility index (Phi) is 6.14. The van der Waals surface area contributed by atoms with Gasteiger partial charge < -0.3 is 9.64 Å². The molecular formula is C16H22ClN5OS2. The van der Waals surface area contributed by atoms with Crippen LogP contribution in [-0.4, -0.2) is 46.5 Å². The maximum Gasteiger partial charge on any atom is 0.224 e. The van der Waals surface area contributed by atoms with Crippen molar-refractivity contribution < 1.29 is 4.74 Å². The first kappa shape index (κ1) is 18.8. The number of aryl methyl sites for hydroxylation is 1. The monoisotopic (exact) mass is 399 g/mol. The van der Waals surface area contributed by atoms with E-state index in [-0.39, 0.29) is 4.75 Å². The summed E-state index contributed by atoms with van der Waals surface area (Å²) < 4.78 is 6.37. The zero-order chi connectivity index (χ0) is 17.9. The number of halogens is 1. The SMILES string of the molecule is CC.Cc1nnc(SC2(c3cc(N4CCOCC4)nc(Cl)n3)CC2)s1.